The van der Waals surface area contributed by atoms with E-state index in [0.717, 1.165) is 0 Å². The van der Waals surface area contributed by atoms with Gasteiger partial charge in [0.05, 0.1) is 5.69 Å². The van der Waals surface area contributed by atoms with Crippen molar-refractivity contribution in [1.29, 1.82) is 0 Å². The zero-order valence-corrected chi connectivity index (χ0v) is 9.53. The third-order valence-corrected chi connectivity index (χ3v) is 2.40. The highest BCUT2D eigenvalue weighted by molar-refractivity contribution is 6.30. The first kappa shape index (κ1) is 11.6. The van der Waals surface area contributed by atoms with Crippen molar-refractivity contribution in [3.8, 4) is 5.75 Å². The number of phenols is 1. The van der Waals surface area contributed by atoms with Crippen LogP contribution in [-0.4, -0.2) is 11.3 Å². The Bertz CT molecular complexity index is 552. The average molecular weight is 250 g/mol. The van der Waals surface area contributed by atoms with Gasteiger partial charge in [0, 0.05) is 16.8 Å². The molecule has 0 atom stereocenters. The third kappa shape index (κ3) is 3.04. The first-order valence-electron chi connectivity index (χ1n) is 4.93. The molecule has 0 fully saturated rings. The van der Waals surface area contributed by atoms with E-state index in [4.69, 9.17) is 11.6 Å². The minimum Gasteiger partial charge on any atom is -0.507 e. The summed E-state index contributed by atoms with van der Waals surface area (Å²) < 4.78 is 12.7. The molecule has 0 saturated carbocycles. The highest BCUT2D eigenvalue weighted by Gasteiger charge is 1.98. The number of phenolic OH excluding ortho intramolecular Hbond substituents is 1. The van der Waals surface area contributed by atoms with Crippen molar-refractivity contribution < 1.29 is 9.50 Å². The van der Waals surface area contributed by atoms with Gasteiger partial charge in [0.15, 0.2) is 0 Å². The molecule has 0 aliphatic heterocycles. The van der Waals surface area contributed by atoms with E-state index in [0.29, 0.717) is 16.3 Å². The molecule has 2 aromatic rings. The van der Waals surface area contributed by atoms with Crippen LogP contribution in [0.4, 0.5) is 10.1 Å². The Balaban J connectivity index is 2.25. The van der Waals surface area contributed by atoms with Gasteiger partial charge in [-0.2, -0.15) is 0 Å². The summed E-state index contributed by atoms with van der Waals surface area (Å²) in [6.07, 6.45) is 1.48. The molecule has 0 heterocycles. The maximum absolute atomic E-state index is 12.7. The van der Waals surface area contributed by atoms with Crippen LogP contribution >= 0.6 is 11.6 Å². The average Bonchev–Trinajstić information content (AvgIpc) is 2.32. The molecule has 1 N–H and O–H groups in total. The molecule has 0 radical (unpaired) electrons. The van der Waals surface area contributed by atoms with Crippen molar-refractivity contribution in [2.24, 2.45) is 4.99 Å². The van der Waals surface area contributed by atoms with E-state index >= 15 is 0 Å². The van der Waals surface area contributed by atoms with E-state index in [1.807, 2.05) is 0 Å². The number of hydrogen-bond acceptors (Lipinski definition) is 2. The molecule has 0 spiro atoms. The summed E-state index contributed by atoms with van der Waals surface area (Å²) in [5.74, 6) is -0.213. The van der Waals surface area contributed by atoms with E-state index in [1.165, 1.54) is 24.4 Å². The number of nitrogens with zero attached hydrogens (tertiary/aromatic N) is 1. The molecule has 0 amide bonds. The molecule has 17 heavy (non-hydrogen) atoms. The first-order chi connectivity index (χ1) is 8.15. The van der Waals surface area contributed by atoms with Gasteiger partial charge in [-0.25, -0.2) is 4.39 Å². The Morgan fingerprint density at radius 3 is 2.53 bits per heavy atom. The molecule has 86 valence electrons. The Kier molecular flexibility index (Phi) is 3.40. The maximum Gasteiger partial charge on any atom is 0.124 e. The van der Waals surface area contributed by atoms with Crippen molar-refractivity contribution in [3.63, 3.8) is 0 Å². The van der Waals surface area contributed by atoms with Crippen molar-refractivity contribution in [2.45, 2.75) is 0 Å². The Morgan fingerprint density at radius 1 is 1.12 bits per heavy atom. The van der Waals surface area contributed by atoms with Gasteiger partial charge in [-0.3, -0.25) is 4.99 Å². The predicted molar refractivity (Wildman–Crippen MR) is 66.8 cm³/mol. The quantitative estimate of drug-likeness (QED) is 0.804. The predicted octanol–water partition coefficient (Wildman–Crippen LogP) is 3.94. The Morgan fingerprint density at radius 2 is 1.82 bits per heavy atom. The number of hydrogen-bond donors (Lipinski definition) is 1. The molecule has 0 aliphatic carbocycles. The second-order valence-corrected chi connectivity index (χ2v) is 3.87. The summed E-state index contributed by atoms with van der Waals surface area (Å²) >= 11 is 5.80. The van der Waals surface area contributed by atoms with Crippen molar-refractivity contribution in [1.82, 2.24) is 0 Å². The molecule has 2 aromatic carbocycles. The second-order valence-electron chi connectivity index (χ2n) is 3.44. The lowest BCUT2D eigenvalue weighted by Gasteiger charge is -1.99. The lowest BCUT2D eigenvalue weighted by molar-refractivity contribution is 0.474. The minimum absolute atomic E-state index is 0.0975. The Labute approximate surface area is 103 Å². The van der Waals surface area contributed by atoms with Gasteiger partial charge >= 0.3 is 0 Å². The van der Waals surface area contributed by atoms with Crippen LogP contribution < -0.4 is 0 Å². The fraction of sp³-hybridized carbons (Fsp3) is 0. The summed E-state index contributed by atoms with van der Waals surface area (Å²) in [6.45, 7) is 0. The SMILES string of the molecule is Oc1ccc(Cl)cc1/C=N/c1ccc(F)cc1. The van der Waals surface area contributed by atoms with Crippen LogP contribution in [0.5, 0.6) is 5.75 Å². The van der Waals surface area contributed by atoms with Gasteiger partial charge in [-0.1, -0.05) is 11.6 Å². The number of halogens is 2. The number of aliphatic imine (C=N–C) groups is 1. The van der Waals surface area contributed by atoms with Crippen LogP contribution in [0.3, 0.4) is 0 Å². The van der Waals surface area contributed by atoms with E-state index in [2.05, 4.69) is 4.99 Å². The van der Waals surface area contributed by atoms with E-state index in [-0.39, 0.29) is 11.6 Å². The summed E-state index contributed by atoms with van der Waals surface area (Å²) in [7, 11) is 0. The van der Waals surface area contributed by atoms with Gasteiger partial charge in [0.25, 0.3) is 0 Å². The van der Waals surface area contributed by atoms with Gasteiger partial charge in [-0.05, 0) is 42.5 Å². The monoisotopic (exact) mass is 249 g/mol. The van der Waals surface area contributed by atoms with Gasteiger partial charge in [-0.15, -0.1) is 0 Å². The summed E-state index contributed by atoms with van der Waals surface area (Å²) in [6, 6.07) is 10.4. The minimum atomic E-state index is -0.311. The molecule has 0 saturated heterocycles. The highest BCUT2D eigenvalue weighted by atomic mass is 35.5. The maximum atomic E-state index is 12.7. The van der Waals surface area contributed by atoms with Crippen LogP contribution in [0.2, 0.25) is 5.02 Å². The zero-order chi connectivity index (χ0) is 12.3. The molecule has 0 aliphatic rings. The Hall–Kier alpha value is -1.87. The summed E-state index contributed by atoms with van der Waals surface area (Å²) in [5.41, 5.74) is 1.12. The van der Waals surface area contributed by atoms with Crippen LogP contribution in [0.15, 0.2) is 47.5 Å². The lowest BCUT2D eigenvalue weighted by Crippen LogP contribution is -1.82. The van der Waals surface area contributed by atoms with Gasteiger partial charge in [0.1, 0.15) is 11.6 Å². The van der Waals surface area contributed by atoms with Gasteiger partial charge in [0.2, 0.25) is 0 Å². The van der Waals surface area contributed by atoms with Crippen molar-refractivity contribution in [3.05, 3.63) is 58.9 Å². The number of rotatable bonds is 2. The third-order valence-electron chi connectivity index (χ3n) is 2.17. The highest BCUT2D eigenvalue weighted by Crippen LogP contribution is 2.21. The molecular weight excluding hydrogens is 241 g/mol. The smallest absolute Gasteiger partial charge is 0.124 e. The summed E-state index contributed by atoms with van der Waals surface area (Å²) in [4.78, 5) is 4.11. The van der Waals surface area contributed by atoms with Crippen LogP contribution in [0.1, 0.15) is 5.56 Å². The fourth-order valence-corrected chi connectivity index (χ4v) is 1.48. The largest absolute Gasteiger partial charge is 0.507 e. The molecule has 0 unspecified atom stereocenters. The van der Waals surface area contributed by atoms with Crippen molar-refractivity contribution >= 4 is 23.5 Å². The van der Waals surface area contributed by atoms with Gasteiger partial charge < -0.3 is 5.11 Å². The molecule has 0 bridgehead atoms. The van der Waals surface area contributed by atoms with E-state index < -0.39 is 0 Å². The van der Waals surface area contributed by atoms with Crippen molar-refractivity contribution in [2.75, 3.05) is 0 Å². The second kappa shape index (κ2) is 4.97. The lowest BCUT2D eigenvalue weighted by atomic mass is 10.2. The van der Waals surface area contributed by atoms with E-state index in [1.54, 1.807) is 24.3 Å². The van der Waals surface area contributed by atoms with Crippen LogP contribution in [0, 0.1) is 5.82 Å². The topological polar surface area (TPSA) is 32.6 Å². The molecule has 4 heteroatoms. The first-order valence-corrected chi connectivity index (χ1v) is 5.31. The number of benzene rings is 2. The molecular formula is C13H9ClFNO. The fourth-order valence-electron chi connectivity index (χ4n) is 1.30. The zero-order valence-electron chi connectivity index (χ0n) is 8.77. The summed E-state index contributed by atoms with van der Waals surface area (Å²) in [5, 5.41) is 10.1. The van der Waals surface area contributed by atoms with E-state index in [9.17, 15) is 9.50 Å². The molecule has 2 rings (SSSR count). The molecule has 2 nitrogen and oxygen atoms in total. The normalized spacial score (nSPS) is 10.9. The standard InChI is InChI=1S/C13H9ClFNO/c14-10-1-6-13(17)9(7-10)8-16-12-4-2-11(15)3-5-12/h1-8,17H/b16-8+. The number of aromatic hydroxyl groups is 1. The molecule has 0 aromatic heterocycles. The van der Waals surface area contributed by atoms with Crippen LogP contribution in [0.25, 0.3) is 0 Å². The van der Waals surface area contributed by atoms with Crippen LogP contribution in [-0.2, 0) is 0 Å².